The van der Waals surface area contributed by atoms with Gasteiger partial charge in [0, 0.05) is 16.8 Å². The molecule has 25 heavy (non-hydrogen) atoms. The van der Waals surface area contributed by atoms with Gasteiger partial charge in [0.1, 0.15) is 5.75 Å². The van der Waals surface area contributed by atoms with Crippen LogP contribution in [0, 0.1) is 19.3 Å². The van der Waals surface area contributed by atoms with Crippen molar-refractivity contribution in [3.05, 3.63) is 71.8 Å². The van der Waals surface area contributed by atoms with Gasteiger partial charge >= 0.3 is 0 Å². The number of hydrogen-bond donors (Lipinski definition) is 1. The van der Waals surface area contributed by atoms with Gasteiger partial charge in [-0.05, 0) is 37.3 Å². The summed E-state index contributed by atoms with van der Waals surface area (Å²) in [7, 11) is 0. The molecule has 0 atom stereocenters. The fourth-order valence-electron chi connectivity index (χ4n) is 2.03. The molecule has 1 N–H and O–H groups in total. The molecule has 0 saturated heterocycles. The van der Waals surface area contributed by atoms with E-state index in [0.717, 1.165) is 5.69 Å². The number of nitrogens with zero attached hydrogens (tertiary/aromatic N) is 3. The number of ether oxygens (including phenoxy) is 1. The second-order valence-corrected chi connectivity index (χ2v) is 5.16. The summed E-state index contributed by atoms with van der Waals surface area (Å²) in [5.41, 5.74) is 1.95. The minimum Gasteiger partial charge on any atom is -0.436 e. The predicted molar refractivity (Wildman–Crippen MR) is 93.4 cm³/mol. The van der Waals surface area contributed by atoms with E-state index in [9.17, 15) is 4.79 Å². The molecule has 6 heteroatoms. The highest BCUT2D eigenvalue weighted by Crippen LogP contribution is 2.19. The van der Waals surface area contributed by atoms with Crippen LogP contribution >= 0.6 is 0 Å². The summed E-state index contributed by atoms with van der Waals surface area (Å²) >= 11 is 0. The van der Waals surface area contributed by atoms with Gasteiger partial charge in [-0.1, -0.05) is 12.0 Å². The number of rotatable bonds is 4. The van der Waals surface area contributed by atoms with Gasteiger partial charge in [0.05, 0.1) is 18.6 Å². The Labute approximate surface area is 144 Å². The first-order valence-corrected chi connectivity index (χ1v) is 7.44. The first-order chi connectivity index (χ1) is 12.1. The number of benzene rings is 1. The zero-order valence-corrected chi connectivity index (χ0v) is 13.4. The van der Waals surface area contributed by atoms with Crippen LogP contribution in [0.15, 0.2) is 55.0 Å². The Kier molecular flexibility index (Phi) is 4.67. The highest BCUT2D eigenvalue weighted by Gasteiger charge is 2.09. The normalized spacial score (nSPS) is 9.92. The maximum absolute atomic E-state index is 12.3. The standard InChI is InChI=1S/C19H14N4O2/c1-3-14-5-4-6-15(9-14)19(24)23-17-11-20-12-18(22-17)25-16-8-7-13(2)21-10-16/h1,4-12H,2H3,(H,22,23,24). The highest BCUT2D eigenvalue weighted by atomic mass is 16.5. The summed E-state index contributed by atoms with van der Waals surface area (Å²) in [5, 5.41) is 2.67. The van der Waals surface area contributed by atoms with Crippen LogP contribution in [0.3, 0.4) is 0 Å². The van der Waals surface area contributed by atoms with Gasteiger partial charge in [0.2, 0.25) is 5.88 Å². The van der Waals surface area contributed by atoms with Gasteiger partial charge in [0.25, 0.3) is 5.91 Å². The molecule has 0 spiro atoms. The maximum atomic E-state index is 12.3. The van der Waals surface area contributed by atoms with Crippen molar-refractivity contribution in [3.63, 3.8) is 0 Å². The molecule has 0 radical (unpaired) electrons. The SMILES string of the molecule is C#Cc1cccc(C(=O)Nc2cncc(Oc3ccc(C)nc3)n2)c1. The third kappa shape index (κ3) is 4.18. The molecular formula is C19H14N4O2. The van der Waals surface area contributed by atoms with Crippen LogP contribution in [-0.4, -0.2) is 20.9 Å². The number of nitrogens with one attached hydrogen (secondary N) is 1. The molecule has 0 fully saturated rings. The minimum absolute atomic E-state index is 0.251. The number of anilines is 1. The van der Waals surface area contributed by atoms with Crippen molar-refractivity contribution in [2.45, 2.75) is 6.92 Å². The van der Waals surface area contributed by atoms with E-state index in [-0.39, 0.29) is 17.6 Å². The fraction of sp³-hybridized carbons (Fsp3) is 0.0526. The van der Waals surface area contributed by atoms with Crippen molar-refractivity contribution >= 4 is 11.7 Å². The summed E-state index contributed by atoms with van der Waals surface area (Å²) in [6, 6.07) is 10.4. The van der Waals surface area contributed by atoms with E-state index < -0.39 is 0 Å². The Morgan fingerprint density at radius 1 is 1.20 bits per heavy atom. The van der Waals surface area contributed by atoms with Crippen molar-refractivity contribution in [1.82, 2.24) is 15.0 Å². The molecular weight excluding hydrogens is 316 g/mol. The molecule has 2 heterocycles. The van der Waals surface area contributed by atoms with Crippen LogP contribution in [0.5, 0.6) is 11.6 Å². The van der Waals surface area contributed by atoms with E-state index >= 15 is 0 Å². The zero-order valence-electron chi connectivity index (χ0n) is 13.4. The molecule has 3 rings (SSSR count). The van der Waals surface area contributed by atoms with Crippen LogP contribution in [0.1, 0.15) is 21.6 Å². The number of terminal acetylenes is 1. The molecule has 0 aliphatic rings. The topological polar surface area (TPSA) is 77.0 Å². The fourth-order valence-corrected chi connectivity index (χ4v) is 2.03. The third-order valence-electron chi connectivity index (χ3n) is 3.25. The monoisotopic (exact) mass is 330 g/mol. The van der Waals surface area contributed by atoms with Crippen LogP contribution in [0.4, 0.5) is 5.82 Å². The van der Waals surface area contributed by atoms with Gasteiger partial charge in [-0.15, -0.1) is 6.42 Å². The number of aryl methyl sites for hydroxylation is 1. The molecule has 0 aliphatic heterocycles. The third-order valence-corrected chi connectivity index (χ3v) is 3.25. The van der Waals surface area contributed by atoms with Gasteiger partial charge in [0.15, 0.2) is 5.82 Å². The number of carbonyl (C=O) groups is 1. The molecule has 6 nitrogen and oxygen atoms in total. The summed E-state index contributed by atoms with van der Waals surface area (Å²) in [6.45, 7) is 1.88. The number of aromatic nitrogens is 3. The molecule has 0 aliphatic carbocycles. The number of pyridine rings is 1. The van der Waals surface area contributed by atoms with Crippen molar-refractivity contribution < 1.29 is 9.53 Å². The number of hydrogen-bond acceptors (Lipinski definition) is 5. The van der Waals surface area contributed by atoms with E-state index in [2.05, 4.69) is 26.2 Å². The number of carbonyl (C=O) groups excluding carboxylic acids is 1. The van der Waals surface area contributed by atoms with E-state index in [1.54, 1.807) is 36.5 Å². The quantitative estimate of drug-likeness (QED) is 0.743. The molecule has 3 aromatic rings. The average Bonchev–Trinajstić information content (AvgIpc) is 2.64. The predicted octanol–water partition coefficient (Wildman–Crippen LogP) is 3.21. The van der Waals surface area contributed by atoms with Crippen LogP contribution in [-0.2, 0) is 0 Å². The summed E-state index contributed by atoms with van der Waals surface area (Å²) in [5.74, 6) is 3.21. The molecule has 0 saturated carbocycles. The molecule has 122 valence electrons. The maximum Gasteiger partial charge on any atom is 0.256 e. The second kappa shape index (κ2) is 7.23. The van der Waals surface area contributed by atoms with Crippen LogP contribution in [0.25, 0.3) is 0 Å². The lowest BCUT2D eigenvalue weighted by molar-refractivity contribution is 0.102. The number of amides is 1. The summed E-state index contributed by atoms with van der Waals surface area (Å²) in [6.07, 6.45) is 9.83. The lowest BCUT2D eigenvalue weighted by atomic mass is 10.1. The van der Waals surface area contributed by atoms with Gasteiger partial charge in [-0.3, -0.25) is 14.8 Å². The van der Waals surface area contributed by atoms with Gasteiger partial charge < -0.3 is 10.1 Å². The smallest absolute Gasteiger partial charge is 0.256 e. The Hall–Kier alpha value is -3.72. The van der Waals surface area contributed by atoms with E-state index in [4.69, 9.17) is 11.2 Å². The first kappa shape index (κ1) is 16.1. The van der Waals surface area contributed by atoms with Gasteiger partial charge in [-0.25, -0.2) is 0 Å². The van der Waals surface area contributed by atoms with Crippen molar-refractivity contribution in [3.8, 4) is 24.0 Å². The molecule has 0 bridgehead atoms. The van der Waals surface area contributed by atoms with E-state index in [0.29, 0.717) is 16.9 Å². The lowest BCUT2D eigenvalue weighted by Gasteiger charge is -2.07. The first-order valence-electron chi connectivity index (χ1n) is 7.44. The lowest BCUT2D eigenvalue weighted by Crippen LogP contribution is -2.13. The molecule has 1 aromatic carbocycles. The minimum atomic E-state index is -0.333. The van der Waals surface area contributed by atoms with Gasteiger partial charge in [-0.2, -0.15) is 4.98 Å². The summed E-state index contributed by atoms with van der Waals surface area (Å²) in [4.78, 5) is 24.7. The largest absolute Gasteiger partial charge is 0.436 e. The zero-order chi connectivity index (χ0) is 17.6. The molecule has 0 unspecified atom stereocenters. The Morgan fingerprint density at radius 2 is 2.08 bits per heavy atom. The average molecular weight is 330 g/mol. The van der Waals surface area contributed by atoms with Crippen molar-refractivity contribution in [1.29, 1.82) is 0 Å². The van der Waals surface area contributed by atoms with E-state index in [1.807, 2.05) is 13.0 Å². The van der Waals surface area contributed by atoms with E-state index in [1.165, 1.54) is 12.4 Å². The van der Waals surface area contributed by atoms with Crippen molar-refractivity contribution in [2.24, 2.45) is 0 Å². The Bertz CT molecular complexity index is 946. The molecule has 1 amide bonds. The Morgan fingerprint density at radius 3 is 2.84 bits per heavy atom. The van der Waals surface area contributed by atoms with Crippen LogP contribution < -0.4 is 10.1 Å². The Balaban J connectivity index is 1.74. The van der Waals surface area contributed by atoms with Crippen LogP contribution in [0.2, 0.25) is 0 Å². The highest BCUT2D eigenvalue weighted by molar-refractivity contribution is 6.03. The summed E-state index contributed by atoms with van der Waals surface area (Å²) < 4.78 is 5.58. The molecule has 2 aromatic heterocycles. The van der Waals surface area contributed by atoms with Crippen molar-refractivity contribution in [2.75, 3.05) is 5.32 Å². The second-order valence-electron chi connectivity index (χ2n) is 5.16.